The number of amides is 1. The molecule has 0 fully saturated rings. The molecule has 1 aromatic carbocycles. The van der Waals surface area contributed by atoms with Gasteiger partial charge < -0.3 is 9.73 Å². The van der Waals surface area contributed by atoms with E-state index in [-0.39, 0.29) is 23.8 Å². The van der Waals surface area contributed by atoms with Crippen LogP contribution in [0.1, 0.15) is 37.7 Å². The topological polar surface area (TPSA) is 81.5 Å². The van der Waals surface area contributed by atoms with E-state index >= 15 is 0 Å². The molecule has 29 heavy (non-hydrogen) atoms. The Bertz CT molecular complexity index is 1240. The van der Waals surface area contributed by atoms with Crippen LogP contribution in [0.4, 0.5) is 4.39 Å². The van der Waals surface area contributed by atoms with Crippen LogP contribution in [-0.4, -0.2) is 20.1 Å². The van der Waals surface area contributed by atoms with E-state index < -0.39 is 6.04 Å². The molecule has 0 saturated carbocycles. The number of rotatable bonds is 6. The van der Waals surface area contributed by atoms with Gasteiger partial charge in [-0.15, -0.1) is 0 Å². The predicted molar refractivity (Wildman–Crippen MR) is 106 cm³/mol. The molecule has 0 saturated heterocycles. The number of aromatic nitrogens is 3. The standard InChI is InChI=1S/C21H21FN4O3/c1-3-15(20(27)23-12-13-5-7-14(22)8-6-13)26-21(28)17-11-18-16(9-10-29-18)25(17)19(4-2)24-26/h5-11,15H,3-4,12H2,1-2H3,(H,23,27)/t15-/m0/s1. The number of benzene rings is 1. The first-order valence-electron chi connectivity index (χ1n) is 9.56. The summed E-state index contributed by atoms with van der Waals surface area (Å²) >= 11 is 0. The fraction of sp³-hybridized carbons (Fsp3) is 0.286. The molecule has 4 rings (SSSR count). The minimum absolute atomic E-state index is 0.241. The molecule has 0 aliphatic carbocycles. The summed E-state index contributed by atoms with van der Waals surface area (Å²) in [4.78, 5) is 25.9. The fourth-order valence-corrected chi connectivity index (χ4v) is 3.51. The van der Waals surface area contributed by atoms with Crippen LogP contribution in [-0.2, 0) is 17.8 Å². The highest BCUT2D eigenvalue weighted by atomic mass is 19.1. The zero-order valence-corrected chi connectivity index (χ0v) is 16.2. The molecule has 0 aliphatic heterocycles. The Kier molecular flexibility index (Phi) is 4.92. The molecule has 1 N–H and O–H groups in total. The zero-order chi connectivity index (χ0) is 20.5. The molecule has 1 amide bonds. The summed E-state index contributed by atoms with van der Waals surface area (Å²) in [5, 5.41) is 7.31. The van der Waals surface area contributed by atoms with Crippen LogP contribution in [0.15, 0.2) is 51.9 Å². The van der Waals surface area contributed by atoms with Crippen molar-refractivity contribution in [1.29, 1.82) is 0 Å². The second-order valence-corrected chi connectivity index (χ2v) is 6.82. The maximum atomic E-state index is 13.1. The van der Waals surface area contributed by atoms with Crippen LogP contribution in [0.2, 0.25) is 0 Å². The lowest BCUT2D eigenvalue weighted by atomic mass is 10.2. The van der Waals surface area contributed by atoms with E-state index in [4.69, 9.17) is 4.42 Å². The maximum absolute atomic E-state index is 13.1. The van der Waals surface area contributed by atoms with E-state index in [1.165, 1.54) is 16.8 Å². The quantitative estimate of drug-likeness (QED) is 0.543. The lowest BCUT2D eigenvalue weighted by Gasteiger charge is -2.18. The number of hydrogen-bond acceptors (Lipinski definition) is 4. The summed E-state index contributed by atoms with van der Waals surface area (Å²) in [6, 6.07) is 8.62. The second-order valence-electron chi connectivity index (χ2n) is 6.82. The summed E-state index contributed by atoms with van der Waals surface area (Å²) in [5.41, 5.74) is 2.23. The SMILES string of the molecule is CCc1nn([C@@H](CC)C(=O)NCc2ccc(F)cc2)c(=O)c2cc3occc3n12. The predicted octanol–water partition coefficient (Wildman–Crippen LogP) is 3.21. The Hall–Kier alpha value is -3.42. The normalized spacial score (nSPS) is 12.5. The molecule has 8 heteroatoms. The van der Waals surface area contributed by atoms with E-state index in [9.17, 15) is 14.0 Å². The van der Waals surface area contributed by atoms with Gasteiger partial charge in [0.1, 0.15) is 23.2 Å². The van der Waals surface area contributed by atoms with E-state index in [0.717, 1.165) is 11.1 Å². The number of aryl methyl sites for hydroxylation is 1. The minimum atomic E-state index is -0.751. The van der Waals surface area contributed by atoms with Crippen molar-refractivity contribution in [3.8, 4) is 0 Å². The summed E-state index contributed by atoms with van der Waals surface area (Å²) in [6.45, 7) is 4.01. The highest BCUT2D eigenvalue weighted by Gasteiger charge is 2.24. The van der Waals surface area contributed by atoms with E-state index in [2.05, 4.69) is 10.4 Å². The van der Waals surface area contributed by atoms with E-state index in [0.29, 0.717) is 29.8 Å². The number of fused-ring (bicyclic) bond motifs is 3. The molecule has 4 aromatic rings. The molecule has 3 aromatic heterocycles. The summed E-state index contributed by atoms with van der Waals surface area (Å²) in [5.74, 6) is 0.0226. The van der Waals surface area contributed by atoms with Gasteiger partial charge in [-0.2, -0.15) is 5.10 Å². The van der Waals surface area contributed by atoms with Crippen molar-refractivity contribution in [2.45, 2.75) is 39.3 Å². The minimum Gasteiger partial charge on any atom is -0.463 e. The molecule has 0 radical (unpaired) electrons. The molecule has 0 unspecified atom stereocenters. The Balaban J connectivity index is 1.69. The van der Waals surface area contributed by atoms with Crippen molar-refractivity contribution in [3.05, 3.63) is 70.2 Å². The van der Waals surface area contributed by atoms with Crippen LogP contribution in [0.3, 0.4) is 0 Å². The second kappa shape index (κ2) is 7.54. The van der Waals surface area contributed by atoms with Gasteiger partial charge in [-0.3, -0.25) is 14.0 Å². The van der Waals surface area contributed by atoms with Gasteiger partial charge >= 0.3 is 0 Å². The van der Waals surface area contributed by atoms with Gasteiger partial charge in [-0.25, -0.2) is 9.07 Å². The largest absolute Gasteiger partial charge is 0.463 e. The third kappa shape index (κ3) is 3.30. The Morgan fingerprint density at radius 3 is 2.66 bits per heavy atom. The average Bonchev–Trinajstić information content (AvgIpc) is 3.32. The van der Waals surface area contributed by atoms with Gasteiger partial charge in [0.05, 0.1) is 11.8 Å². The number of hydrogen-bond donors (Lipinski definition) is 1. The molecule has 1 atom stereocenters. The maximum Gasteiger partial charge on any atom is 0.291 e. The number of nitrogens with zero attached hydrogens (tertiary/aromatic N) is 3. The summed E-state index contributed by atoms with van der Waals surface area (Å²) in [7, 11) is 0. The van der Waals surface area contributed by atoms with Gasteiger partial charge in [0.25, 0.3) is 5.56 Å². The van der Waals surface area contributed by atoms with Crippen molar-refractivity contribution in [2.24, 2.45) is 0 Å². The first-order chi connectivity index (χ1) is 14.0. The van der Waals surface area contributed by atoms with Crippen molar-refractivity contribution in [3.63, 3.8) is 0 Å². The Morgan fingerprint density at radius 1 is 1.21 bits per heavy atom. The number of nitrogens with one attached hydrogen (secondary N) is 1. The van der Waals surface area contributed by atoms with Crippen molar-refractivity contribution in [1.82, 2.24) is 19.5 Å². The molecule has 0 bridgehead atoms. The summed E-state index contributed by atoms with van der Waals surface area (Å²) < 4.78 is 21.5. The van der Waals surface area contributed by atoms with Crippen LogP contribution in [0.5, 0.6) is 0 Å². The van der Waals surface area contributed by atoms with Crippen molar-refractivity contribution < 1.29 is 13.6 Å². The lowest BCUT2D eigenvalue weighted by molar-refractivity contribution is -0.125. The third-order valence-corrected chi connectivity index (χ3v) is 5.01. The van der Waals surface area contributed by atoms with Crippen LogP contribution < -0.4 is 10.9 Å². The van der Waals surface area contributed by atoms with Gasteiger partial charge in [-0.05, 0) is 24.1 Å². The molecular formula is C21H21FN4O3. The van der Waals surface area contributed by atoms with Crippen LogP contribution in [0.25, 0.3) is 16.6 Å². The van der Waals surface area contributed by atoms with Crippen molar-refractivity contribution >= 4 is 22.5 Å². The van der Waals surface area contributed by atoms with Gasteiger partial charge in [0.15, 0.2) is 5.58 Å². The van der Waals surface area contributed by atoms with Gasteiger partial charge in [-0.1, -0.05) is 26.0 Å². The molecule has 0 aliphatic rings. The number of furan rings is 1. The van der Waals surface area contributed by atoms with E-state index in [1.807, 2.05) is 13.8 Å². The van der Waals surface area contributed by atoms with Crippen LogP contribution in [0, 0.1) is 5.82 Å². The third-order valence-electron chi connectivity index (χ3n) is 5.01. The van der Waals surface area contributed by atoms with Gasteiger partial charge in [0.2, 0.25) is 5.91 Å². The number of carbonyl (C=O) groups excluding carboxylic acids is 1. The lowest BCUT2D eigenvalue weighted by Crippen LogP contribution is -2.39. The highest BCUT2D eigenvalue weighted by molar-refractivity contribution is 5.83. The average molecular weight is 396 g/mol. The smallest absolute Gasteiger partial charge is 0.291 e. The molecule has 3 heterocycles. The zero-order valence-electron chi connectivity index (χ0n) is 16.2. The Morgan fingerprint density at radius 2 is 1.97 bits per heavy atom. The van der Waals surface area contributed by atoms with Crippen molar-refractivity contribution in [2.75, 3.05) is 0 Å². The fourth-order valence-electron chi connectivity index (χ4n) is 3.51. The first kappa shape index (κ1) is 18.9. The monoisotopic (exact) mass is 396 g/mol. The summed E-state index contributed by atoms with van der Waals surface area (Å²) in [6.07, 6.45) is 2.55. The van der Waals surface area contributed by atoms with Gasteiger partial charge in [0, 0.05) is 25.1 Å². The molecular weight excluding hydrogens is 375 g/mol. The van der Waals surface area contributed by atoms with E-state index in [1.54, 1.807) is 34.9 Å². The number of halogens is 1. The van der Waals surface area contributed by atoms with Crippen LogP contribution >= 0.6 is 0 Å². The first-order valence-corrected chi connectivity index (χ1v) is 9.56. The molecule has 0 spiro atoms. The number of carbonyl (C=O) groups is 1. The molecule has 7 nitrogen and oxygen atoms in total. The molecule has 150 valence electrons. The highest BCUT2D eigenvalue weighted by Crippen LogP contribution is 2.21. The Labute approximate surface area is 165 Å².